The number of benzene rings is 2. The van der Waals surface area contributed by atoms with E-state index in [1.54, 1.807) is 24.3 Å². The molecule has 2 atom stereocenters. The molecule has 1 aliphatic carbocycles. The van der Waals surface area contributed by atoms with E-state index in [1.807, 2.05) is 0 Å². The number of ketones is 1. The fourth-order valence-electron chi connectivity index (χ4n) is 4.44. The molecule has 35 heavy (non-hydrogen) atoms. The van der Waals surface area contributed by atoms with Crippen molar-refractivity contribution in [1.29, 1.82) is 0 Å². The molecule has 0 unspecified atom stereocenters. The summed E-state index contributed by atoms with van der Waals surface area (Å²) in [5.41, 5.74) is 1.70. The monoisotopic (exact) mass is 484 g/mol. The third-order valence-corrected chi connectivity index (χ3v) is 6.03. The predicted molar refractivity (Wildman–Crippen MR) is 121 cm³/mol. The summed E-state index contributed by atoms with van der Waals surface area (Å²) in [7, 11) is 6.73. The summed E-state index contributed by atoms with van der Waals surface area (Å²) >= 11 is 0. The summed E-state index contributed by atoms with van der Waals surface area (Å²) in [4.78, 5) is 38.4. The van der Waals surface area contributed by atoms with Crippen LogP contribution >= 0.6 is 0 Å². The number of hydrogen-bond donors (Lipinski definition) is 0. The molecule has 10 heteroatoms. The van der Waals surface area contributed by atoms with Crippen LogP contribution in [0.15, 0.2) is 29.8 Å². The van der Waals surface area contributed by atoms with E-state index in [2.05, 4.69) is 4.74 Å². The third kappa shape index (κ3) is 4.01. The van der Waals surface area contributed by atoms with Gasteiger partial charge in [0, 0.05) is 11.5 Å². The Morgan fingerprint density at radius 2 is 1.46 bits per heavy atom. The van der Waals surface area contributed by atoms with E-state index >= 15 is 0 Å². The van der Waals surface area contributed by atoms with Crippen LogP contribution in [0.5, 0.6) is 28.7 Å². The second kappa shape index (κ2) is 9.57. The molecule has 0 radical (unpaired) electrons. The molecule has 0 spiro atoms. The molecule has 0 bridgehead atoms. The molecule has 0 N–H and O–H groups in total. The van der Waals surface area contributed by atoms with Gasteiger partial charge in [-0.1, -0.05) is 0 Å². The number of Topliss-reactive ketones (excluding diaryl/α,β-unsaturated/α-hetero) is 1. The maximum Gasteiger partial charge on any atom is 0.379 e. The Morgan fingerprint density at radius 3 is 2.00 bits per heavy atom. The van der Waals surface area contributed by atoms with Gasteiger partial charge < -0.3 is 33.2 Å². The van der Waals surface area contributed by atoms with Gasteiger partial charge in [0.25, 0.3) is 5.78 Å². The van der Waals surface area contributed by atoms with Crippen LogP contribution in [0.1, 0.15) is 22.6 Å². The highest BCUT2D eigenvalue weighted by Crippen LogP contribution is 2.50. The third-order valence-electron chi connectivity index (χ3n) is 6.03. The molecule has 0 amide bonds. The Bertz CT molecular complexity index is 1200. The van der Waals surface area contributed by atoms with Crippen molar-refractivity contribution in [3.8, 4) is 28.7 Å². The maximum absolute atomic E-state index is 13.1. The molecule has 1 heterocycles. The number of hydrogen-bond acceptors (Lipinski definition) is 10. The number of fused-ring (bicyclic) bond motifs is 2. The lowest BCUT2D eigenvalue weighted by atomic mass is 9.70. The normalized spacial score (nSPS) is 17.6. The van der Waals surface area contributed by atoms with Crippen molar-refractivity contribution in [2.75, 3.05) is 42.3 Å². The van der Waals surface area contributed by atoms with E-state index in [0.29, 0.717) is 45.4 Å². The van der Waals surface area contributed by atoms with E-state index in [4.69, 9.17) is 28.4 Å². The smallest absolute Gasteiger partial charge is 0.379 e. The number of rotatable bonds is 7. The summed E-state index contributed by atoms with van der Waals surface area (Å²) in [6.07, 6.45) is 1.48. The summed E-state index contributed by atoms with van der Waals surface area (Å²) in [6.45, 7) is 0.0329. The standard InChI is InChI=1S/C25H24O10/c1-29-18-8-13(9-19(30-2)23(18)31-3)20-14-10-17-16(34-11-35-17)7-12(14)6-15(21(20)24(27)32-4)22(26)25(28)33-5/h6-10,20-21H,11H2,1-5H3/t20-,21-/m1/s1. The fourth-order valence-corrected chi connectivity index (χ4v) is 4.44. The van der Waals surface area contributed by atoms with Crippen molar-refractivity contribution in [3.05, 3.63) is 46.5 Å². The second-order valence-electron chi connectivity index (χ2n) is 7.69. The molecular formula is C25H24O10. The SMILES string of the molecule is COC(=O)C(=O)C1=Cc2cc3c(cc2[C@@H](c2cc(OC)c(OC)c(OC)c2)[C@@H]1C(=O)OC)OCO3. The van der Waals surface area contributed by atoms with Crippen LogP contribution in [0.2, 0.25) is 0 Å². The van der Waals surface area contributed by atoms with Crippen molar-refractivity contribution in [3.63, 3.8) is 0 Å². The van der Waals surface area contributed by atoms with Gasteiger partial charge in [-0.05, 0) is 47.0 Å². The van der Waals surface area contributed by atoms with Crippen molar-refractivity contribution >= 4 is 23.8 Å². The maximum atomic E-state index is 13.1. The van der Waals surface area contributed by atoms with Crippen LogP contribution in [0.25, 0.3) is 6.08 Å². The van der Waals surface area contributed by atoms with E-state index in [0.717, 1.165) is 7.11 Å². The van der Waals surface area contributed by atoms with Gasteiger partial charge in [-0.2, -0.15) is 0 Å². The first kappa shape index (κ1) is 23.9. The largest absolute Gasteiger partial charge is 0.493 e. The number of methoxy groups -OCH3 is 5. The molecular weight excluding hydrogens is 460 g/mol. The minimum Gasteiger partial charge on any atom is -0.493 e. The van der Waals surface area contributed by atoms with Crippen LogP contribution in [0, 0.1) is 5.92 Å². The Balaban J connectivity index is 2.02. The zero-order valence-corrected chi connectivity index (χ0v) is 19.8. The summed E-state index contributed by atoms with van der Waals surface area (Å²) in [5, 5.41) is 0. The minimum atomic E-state index is -1.18. The molecule has 184 valence electrons. The zero-order chi connectivity index (χ0) is 25.3. The van der Waals surface area contributed by atoms with Gasteiger partial charge in [0.15, 0.2) is 23.0 Å². The van der Waals surface area contributed by atoms with E-state index in [1.165, 1.54) is 34.5 Å². The van der Waals surface area contributed by atoms with Crippen molar-refractivity contribution in [2.24, 2.45) is 5.92 Å². The van der Waals surface area contributed by atoms with Crippen molar-refractivity contribution in [1.82, 2.24) is 0 Å². The van der Waals surface area contributed by atoms with E-state index < -0.39 is 29.6 Å². The topological polar surface area (TPSA) is 116 Å². The number of carbonyl (C=O) groups excluding carboxylic acids is 3. The highest BCUT2D eigenvalue weighted by Gasteiger charge is 2.44. The van der Waals surface area contributed by atoms with Crippen LogP contribution in [-0.2, 0) is 23.9 Å². The highest BCUT2D eigenvalue weighted by atomic mass is 16.7. The number of carbonyl (C=O) groups is 3. The van der Waals surface area contributed by atoms with Crippen LogP contribution in [0.3, 0.4) is 0 Å². The molecule has 0 saturated carbocycles. The molecule has 2 aromatic rings. The highest BCUT2D eigenvalue weighted by molar-refractivity contribution is 6.42. The minimum absolute atomic E-state index is 0.0329. The van der Waals surface area contributed by atoms with Gasteiger partial charge in [0.05, 0.1) is 41.5 Å². The van der Waals surface area contributed by atoms with Gasteiger partial charge >= 0.3 is 11.9 Å². The summed E-state index contributed by atoms with van der Waals surface area (Å²) in [5.74, 6) is -2.71. The van der Waals surface area contributed by atoms with Gasteiger partial charge in [-0.3, -0.25) is 9.59 Å². The van der Waals surface area contributed by atoms with Gasteiger partial charge in [-0.15, -0.1) is 0 Å². The molecule has 2 aromatic carbocycles. The molecule has 0 saturated heterocycles. The van der Waals surface area contributed by atoms with Crippen LogP contribution < -0.4 is 23.7 Å². The van der Waals surface area contributed by atoms with Gasteiger partial charge in [0.2, 0.25) is 12.5 Å². The average molecular weight is 484 g/mol. The lowest BCUT2D eigenvalue weighted by molar-refractivity contribution is -0.151. The first-order valence-electron chi connectivity index (χ1n) is 10.5. The van der Waals surface area contributed by atoms with Crippen molar-refractivity contribution < 1.29 is 47.5 Å². The second-order valence-corrected chi connectivity index (χ2v) is 7.69. The zero-order valence-electron chi connectivity index (χ0n) is 19.8. The van der Waals surface area contributed by atoms with Crippen molar-refractivity contribution in [2.45, 2.75) is 5.92 Å². The Labute approximate surface area is 201 Å². The lowest BCUT2D eigenvalue weighted by Gasteiger charge is -2.33. The molecule has 1 aliphatic heterocycles. The molecule has 0 fully saturated rings. The number of ether oxygens (including phenoxy) is 7. The molecule has 10 nitrogen and oxygen atoms in total. The Morgan fingerprint density at radius 1 is 0.829 bits per heavy atom. The Hall–Kier alpha value is -4.21. The molecule has 0 aromatic heterocycles. The van der Waals surface area contributed by atoms with Gasteiger partial charge in [0.1, 0.15) is 0 Å². The summed E-state index contributed by atoms with van der Waals surface area (Å²) < 4.78 is 37.2. The summed E-state index contributed by atoms with van der Waals surface area (Å²) in [6, 6.07) is 6.81. The van der Waals surface area contributed by atoms with Crippen LogP contribution in [-0.4, -0.2) is 60.1 Å². The molecule has 2 aliphatic rings. The number of esters is 2. The predicted octanol–water partition coefficient (Wildman–Crippen LogP) is 2.50. The van der Waals surface area contributed by atoms with E-state index in [-0.39, 0.29) is 12.4 Å². The fraction of sp³-hybridized carbons (Fsp3) is 0.320. The first-order valence-corrected chi connectivity index (χ1v) is 10.5. The lowest BCUT2D eigenvalue weighted by Crippen LogP contribution is -2.35. The van der Waals surface area contributed by atoms with Crippen LogP contribution in [0.4, 0.5) is 0 Å². The first-order chi connectivity index (χ1) is 16.9. The van der Waals surface area contributed by atoms with E-state index in [9.17, 15) is 14.4 Å². The Kier molecular flexibility index (Phi) is 6.54. The molecule has 4 rings (SSSR count). The average Bonchev–Trinajstić information content (AvgIpc) is 3.35. The van der Waals surface area contributed by atoms with Gasteiger partial charge in [-0.25, -0.2) is 4.79 Å². The quantitative estimate of drug-likeness (QED) is 0.429.